The maximum Gasteiger partial charge on any atom is 0.263 e. The minimum atomic E-state index is -3.76. The molecule has 0 fully saturated rings. The average Bonchev–Trinajstić information content (AvgIpc) is 3.34. The molecule has 0 aliphatic carbocycles. The number of rotatable bonds is 6. The Kier molecular flexibility index (Phi) is 6.03. The van der Waals surface area contributed by atoms with E-state index in [9.17, 15) is 13.2 Å². The Labute approximate surface area is 201 Å². The normalized spacial score (nSPS) is 14.0. The van der Waals surface area contributed by atoms with Gasteiger partial charge in [0.25, 0.3) is 15.9 Å². The van der Waals surface area contributed by atoms with Crippen molar-refractivity contribution in [2.75, 3.05) is 23.1 Å². The standard InChI is InChI=1S/C24H23N5O3S2/c1-2-29-13-11-21-19(15-29)22(18-5-3-4-6-20(18)27-21)23(30)26-16-7-9-17(10-8-16)34(31,32)28-24-25-12-14-33-24/h3-10,12,14H,2,11,13,15H2,1H3,(H,25,28)(H,26,30). The summed E-state index contributed by atoms with van der Waals surface area (Å²) in [5, 5.41) is 5.75. The largest absolute Gasteiger partial charge is 0.322 e. The van der Waals surface area contributed by atoms with E-state index >= 15 is 0 Å². The lowest BCUT2D eigenvalue weighted by Gasteiger charge is -2.29. The molecule has 34 heavy (non-hydrogen) atoms. The number of hydrogen-bond acceptors (Lipinski definition) is 7. The van der Waals surface area contributed by atoms with Gasteiger partial charge in [-0.3, -0.25) is 19.4 Å². The van der Waals surface area contributed by atoms with E-state index in [1.165, 1.54) is 29.7 Å². The van der Waals surface area contributed by atoms with Gasteiger partial charge in [0.05, 0.1) is 16.0 Å². The average molecular weight is 494 g/mol. The van der Waals surface area contributed by atoms with Crippen molar-refractivity contribution < 1.29 is 13.2 Å². The molecule has 1 aliphatic rings. The zero-order chi connectivity index (χ0) is 23.7. The number of likely N-dealkylation sites (N-methyl/N-ethyl adjacent to an activating group) is 1. The summed E-state index contributed by atoms with van der Waals surface area (Å²) in [5.41, 5.74) is 3.85. The topological polar surface area (TPSA) is 104 Å². The second-order valence-electron chi connectivity index (χ2n) is 7.97. The molecule has 1 aliphatic heterocycles. The number of amides is 1. The van der Waals surface area contributed by atoms with E-state index in [0.29, 0.717) is 22.9 Å². The summed E-state index contributed by atoms with van der Waals surface area (Å²) in [4.78, 5) is 24.6. The molecule has 174 valence electrons. The molecule has 8 nitrogen and oxygen atoms in total. The number of benzene rings is 2. The molecule has 2 aromatic heterocycles. The number of aromatic nitrogens is 2. The molecule has 1 amide bonds. The summed E-state index contributed by atoms with van der Waals surface area (Å²) in [7, 11) is -3.76. The molecule has 3 heterocycles. The highest BCUT2D eigenvalue weighted by molar-refractivity contribution is 7.93. The first-order valence-electron chi connectivity index (χ1n) is 10.9. The quantitative estimate of drug-likeness (QED) is 0.419. The highest BCUT2D eigenvalue weighted by atomic mass is 32.2. The maximum absolute atomic E-state index is 13.5. The number of anilines is 2. The fourth-order valence-electron chi connectivity index (χ4n) is 4.13. The zero-order valence-corrected chi connectivity index (χ0v) is 20.1. The molecule has 0 saturated carbocycles. The van der Waals surface area contributed by atoms with E-state index in [1.807, 2.05) is 24.3 Å². The van der Waals surface area contributed by atoms with Crippen LogP contribution in [0, 0.1) is 0 Å². The Hall–Kier alpha value is -3.34. The van der Waals surface area contributed by atoms with Gasteiger partial charge in [0.1, 0.15) is 0 Å². The molecular formula is C24H23N5O3S2. The summed E-state index contributed by atoms with van der Waals surface area (Å²) < 4.78 is 27.6. The van der Waals surface area contributed by atoms with Crippen molar-refractivity contribution in [1.82, 2.24) is 14.9 Å². The van der Waals surface area contributed by atoms with Gasteiger partial charge in [0.2, 0.25) is 0 Å². The summed E-state index contributed by atoms with van der Waals surface area (Å²) in [6.07, 6.45) is 2.33. The van der Waals surface area contributed by atoms with Crippen LogP contribution in [-0.4, -0.2) is 42.3 Å². The van der Waals surface area contributed by atoms with Crippen LogP contribution in [0.15, 0.2) is 65.0 Å². The first kappa shape index (κ1) is 22.5. The van der Waals surface area contributed by atoms with Crippen LogP contribution < -0.4 is 10.0 Å². The fourth-order valence-corrected chi connectivity index (χ4v) is 5.92. The third-order valence-electron chi connectivity index (χ3n) is 5.88. The lowest BCUT2D eigenvalue weighted by molar-refractivity contribution is 0.102. The summed E-state index contributed by atoms with van der Waals surface area (Å²) >= 11 is 1.20. The van der Waals surface area contributed by atoms with Gasteiger partial charge < -0.3 is 5.32 Å². The molecule has 10 heteroatoms. The fraction of sp³-hybridized carbons (Fsp3) is 0.208. The predicted octanol–water partition coefficient (Wildman–Crippen LogP) is 4.12. The van der Waals surface area contributed by atoms with Gasteiger partial charge in [0, 0.05) is 53.4 Å². The molecule has 5 rings (SSSR count). The van der Waals surface area contributed by atoms with Gasteiger partial charge in [-0.25, -0.2) is 13.4 Å². The summed E-state index contributed by atoms with van der Waals surface area (Å²) in [6.45, 7) is 4.60. The first-order chi connectivity index (χ1) is 16.4. The van der Waals surface area contributed by atoms with Crippen molar-refractivity contribution in [1.29, 1.82) is 0 Å². The Morgan fingerprint density at radius 3 is 2.68 bits per heavy atom. The van der Waals surface area contributed by atoms with Crippen molar-refractivity contribution in [2.24, 2.45) is 0 Å². The highest BCUT2D eigenvalue weighted by Crippen LogP contribution is 2.29. The number of carbonyl (C=O) groups excluding carboxylic acids is 1. The van der Waals surface area contributed by atoms with Gasteiger partial charge in [-0.1, -0.05) is 25.1 Å². The molecule has 0 atom stereocenters. The van der Waals surface area contributed by atoms with Crippen LogP contribution >= 0.6 is 11.3 Å². The third-order valence-corrected chi connectivity index (χ3v) is 8.05. The third kappa shape index (κ3) is 4.39. The molecule has 0 radical (unpaired) electrons. The zero-order valence-electron chi connectivity index (χ0n) is 18.5. The van der Waals surface area contributed by atoms with Gasteiger partial charge in [-0.2, -0.15) is 0 Å². The van der Waals surface area contributed by atoms with E-state index < -0.39 is 10.0 Å². The highest BCUT2D eigenvalue weighted by Gasteiger charge is 2.25. The van der Waals surface area contributed by atoms with E-state index in [0.717, 1.165) is 41.7 Å². The van der Waals surface area contributed by atoms with E-state index in [1.54, 1.807) is 17.5 Å². The van der Waals surface area contributed by atoms with Crippen LogP contribution in [-0.2, 0) is 23.0 Å². The number of sulfonamides is 1. The van der Waals surface area contributed by atoms with E-state index in [4.69, 9.17) is 4.98 Å². The van der Waals surface area contributed by atoms with E-state index in [2.05, 4.69) is 26.8 Å². The van der Waals surface area contributed by atoms with Crippen molar-refractivity contribution in [3.05, 3.63) is 76.9 Å². The first-order valence-corrected chi connectivity index (χ1v) is 13.3. The minimum Gasteiger partial charge on any atom is -0.322 e. The second-order valence-corrected chi connectivity index (χ2v) is 10.5. The lowest BCUT2D eigenvalue weighted by Crippen LogP contribution is -2.33. The molecule has 2 aromatic carbocycles. The predicted molar refractivity (Wildman–Crippen MR) is 134 cm³/mol. The van der Waals surface area contributed by atoms with Gasteiger partial charge >= 0.3 is 0 Å². The summed E-state index contributed by atoms with van der Waals surface area (Å²) in [6, 6.07) is 13.8. The van der Waals surface area contributed by atoms with Gasteiger partial charge in [0.15, 0.2) is 5.13 Å². The smallest absolute Gasteiger partial charge is 0.263 e. The van der Waals surface area contributed by atoms with Crippen LogP contribution in [0.4, 0.5) is 10.8 Å². The Morgan fingerprint density at radius 2 is 1.94 bits per heavy atom. The maximum atomic E-state index is 13.5. The molecule has 0 spiro atoms. The van der Waals surface area contributed by atoms with Crippen LogP contribution in [0.2, 0.25) is 0 Å². The van der Waals surface area contributed by atoms with Crippen LogP contribution in [0.5, 0.6) is 0 Å². The van der Waals surface area contributed by atoms with Gasteiger partial charge in [-0.15, -0.1) is 11.3 Å². The van der Waals surface area contributed by atoms with Gasteiger partial charge in [-0.05, 0) is 36.9 Å². The van der Waals surface area contributed by atoms with Crippen molar-refractivity contribution in [3.63, 3.8) is 0 Å². The summed E-state index contributed by atoms with van der Waals surface area (Å²) in [5.74, 6) is -0.232. The lowest BCUT2D eigenvalue weighted by atomic mass is 9.95. The van der Waals surface area contributed by atoms with Crippen molar-refractivity contribution >= 4 is 49.0 Å². The molecule has 4 aromatic rings. The van der Waals surface area contributed by atoms with Crippen LogP contribution in [0.3, 0.4) is 0 Å². The molecule has 0 unspecified atom stereocenters. The number of nitrogens with one attached hydrogen (secondary N) is 2. The Morgan fingerprint density at radius 1 is 1.15 bits per heavy atom. The Balaban J connectivity index is 1.44. The number of nitrogens with zero attached hydrogens (tertiary/aromatic N) is 3. The number of carbonyl (C=O) groups is 1. The number of fused-ring (bicyclic) bond motifs is 2. The number of hydrogen-bond donors (Lipinski definition) is 2. The number of para-hydroxylation sites is 1. The number of thiazole rings is 1. The van der Waals surface area contributed by atoms with Crippen LogP contribution in [0.1, 0.15) is 28.5 Å². The van der Waals surface area contributed by atoms with E-state index in [-0.39, 0.29) is 10.8 Å². The second kappa shape index (κ2) is 9.13. The SMILES string of the molecule is CCN1CCc2nc3ccccc3c(C(=O)Nc3ccc(S(=O)(=O)Nc4nccs4)cc3)c2C1. The van der Waals surface area contributed by atoms with Crippen molar-refractivity contribution in [2.45, 2.75) is 24.8 Å². The monoisotopic (exact) mass is 493 g/mol. The van der Waals surface area contributed by atoms with Crippen molar-refractivity contribution in [3.8, 4) is 0 Å². The molecule has 2 N–H and O–H groups in total. The minimum absolute atomic E-state index is 0.0889. The molecule has 0 saturated heterocycles. The number of pyridine rings is 1. The molecule has 0 bridgehead atoms. The Bertz CT molecular complexity index is 1450. The molecular weight excluding hydrogens is 470 g/mol. The van der Waals surface area contributed by atoms with Crippen LogP contribution in [0.25, 0.3) is 10.9 Å².